The lowest BCUT2D eigenvalue weighted by molar-refractivity contribution is 0.239. The van der Waals surface area contributed by atoms with Gasteiger partial charge in [-0.3, -0.25) is 4.68 Å². The maximum absolute atomic E-state index is 9.33. The third-order valence-electron chi connectivity index (χ3n) is 2.80. The molecule has 0 aliphatic rings. The third kappa shape index (κ3) is 3.94. The fourth-order valence-electron chi connectivity index (χ4n) is 1.85. The molecule has 92 valence electrons. The van der Waals surface area contributed by atoms with Crippen LogP contribution >= 0.6 is 0 Å². The van der Waals surface area contributed by atoms with Crippen LogP contribution in [0.1, 0.15) is 38.3 Å². The summed E-state index contributed by atoms with van der Waals surface area (Å²) in [6.45, 7) is 5.48. The molecule has 1 heterocycles. The van der Waals surface area contributed by atoms with Crippen molar-refractivity contribution >= 4 is 0 Å². The van der Waals surface area contributed by atoms with E-state index in [4.69, 9.17) is 0 Å². The van der Waals surface area contributed by atoms with Gasteiger partial charge in [0.05, 0.1) is 18.8 Å². The van der Waals surface area contributed by atoms with Gasteiger partial charge in [0.2, 0.25) is 0 Å². The van der Waals surface area contributed by atoms with Crippen molar-refractivity contribution in [3.05, 3.63) is 18.0 Å². The van der Waals surface area contributed by atoms with Gasteiger partial charge in [-0.25, -0.2) is 0 Å². The Labute approximate surface area is 97.7 Å². The van der Waals surface area contributed by atoms with Gasteiger partial charge in [0.1, 0.15) is 0 Å². The van der Waals surface area contributed by atoms with Crippen molar-refractivity contribution in [1.82, 2.24) is 15.1 Å². The highest BCUT2D eigenvalue weighted by Gasteiger charge is 2.12. The molecular formula is C12H23N3O. The minimum atomic E-state index is 0.00741. The van der Waals surface area contributed by atoms with Gasteiger partial charge in [-0.1, -0.05) is 20.3 Å². The summed E-state index contributed by atoms with van der Waals surface area (Å²) in [5, 5.41) is 16.8. The summed E-state index contributed by atoms with van der Waals surface area (Å²) in [6, 6.07) is 0.00741. The number of aryl methyl sites for hydroxylation is 1. The molecule has 4 nitrogen and oxygen atoms in total. The number of aliphatic hydroxyl groups is 1. The normalized spacial score (nSPS) is 15.0. The Hall–Kier alpha value is -0.870. The van der Waals surface area contributed by atoms with Crippen molar-refractivity contribution in [3.8, 4) is 0 Å². The molecule has 0 saturated heterocycles. The van der Waals surface area contributed by atoms with Crippen molar-refractivity contribution in [1.29, 1.82) is 0 Å². The lowest BCUT2D eigenvalue weighted by Crippen LogP contribution is -2.28. The first-order valence-corrected chi connectivity index (χ1v) is 6.00. The van der Waals surface area contributed by atoms with E-state index in [1.54, 1.807) is 10.9 Å². The van der Waals surface area contributed by atoms with Gasteiger partial charge < -0.3 is 10.4 Å². The van der Waals surface area contributed by atoms with E-state index in [-0.39, 0.29) is 12.6 Å². The average molecular weight is 225 g/mol. The maximum Gasteiger partial charge on any atom is 0.0627 e. The van der Waals surface area contributed by atoms with Crippen LogP contribution in [0.2, 0.25) is 0 Å². The van der Waals surface area contributed by atoms with Gasteiger partial charge in [-0.05, 0) is 18.9 Å². The Balaban J connectivity index is 2.43. The van der Waals surface area contributed by atoms with Crippen LogP contribution in [-0.2, 0) is 7.05 Å². The second-order valence-electron chi connectivity index (χ2n) is 4.48. The zero-order valence-electron chi connectivity index (χ0n) is 10.5. The quantitative estimate of drug-likeness (QED) is 0.739. The molecule has 0 aliphatic carbocycles. The van der Waals surface area contributed by atoms with Crippen LogP contribution < -0.4 is 5.32 Å². The molecule has 1 aromatic rings. The number of hydrogen-bond acceptors (Lipinski definition) is 3. The molecule has 4 heteroatoms. The minimum Gasteiger partial charge on any atom is -0.394 e. The molecule has 0 spiro atoms. The first-order valence-electron chi connectivity index (χ1n) is 6.00. The summed E-state index contributed by atoms with van der Waals surface area (Å²) < 4.78 is 1.76. The van der Waals surface area contributed by atoms with Crippen LogP contribution in [0.3, 0.4) is 0 Å². The van der Waals surface area contributed by atoms with Crippen LogP contribution in [0.15, 0.2) is 12.4 Å². The van der Waals surface area contributed by atoms with E-state index in [0.717, 1.165) is 12.1 Å². The molecule has 2 unspecified atom stereocenters. The van der Waals surface area contributed by atoms with E-state index in [0.29, 0.717) is 5.92 Å². The zero-order chi connectivity index (χ0) is 12.0. The van der Waals surface area contributed by atoms with Crippen LogP contribution in [0.25, 0.3) is 0 Å². The van der Waals surface area contributed by atoms with E-state index >= 15 is 0 Å². The van der Waals surface area contributed by atoms with Gasteiger partial charge in [0.15, 0.2) is 0 Å². The Kier molecular flexibility index (Phi) is 5.49. The van der Waals surface area contributed by atoms with E-state index in [2.05, 4.69) is 24.3 Å². The van der Waals surface area contributed by atoms with Crippen LogP contribution in [0, 0.1) is 5.92 Å². The van der Waals surface area contributed by atoms with E-state index in [1.165, 1.54) is 12.8 Å². The molecule has 16 heavy (non-hydrogen) atoms. The van der Waals surface area contributed by atoms with Crippen molar-refractivity contribution in [2.45, 2.75) is 32.7 Å². The molecule has 0 fully saturated rings. The predicted molar refractivity (Wildman–Crippen MR) is 65.1 cm³/mol. The second kappa shape index (κ2) is 6.66. The summed E-state index contributed by atoms with van der Waals surface area (Å²) in [6.07, 6.45) is 6.18. The summed E-state index contributed by atoms with van der Waals surface area (Å²) in [4.78, 5) is 0. The number of rotatable bonds is 7. The summed E-state index contributed by atoms with van der Waals surface area (Å²) in [5.41, 5.74) is 1.05. The van der Waals surface area contributed by atoms with Crippen molar-refractivity contribution in [2.24, 2.45) is 13.0 Å². The molecule has 2 atom stereocenters. The average Bonchev–Trinajstić information content (AvgIpc) is 2.66. The highest BCUT2D eigenvalue weighted by molar-refractivity contribution is 5.10. The Bertz CT molecular complexity index is 298. The number of aliphatic hydroxyl groups excluding tert-OH is 1. The smallest absolute Gasteiger partial charge is 0.0627 e. The largest absolute Gasteiger partial charge is 0.394 e. The summed E-state index contributed by atoms with van der Waals surface area (Å²) >= 11 is 0. The lowest BCUT2D eigenvalue weighted by atomic mass is 10.1. The molecule has 0 saturated carbocycles. The second-order valence-corrected chi connectivity index (χ2v) is 4.48. The molecule has 0 bridgehead atoms. The van der Waals surface area contributed by atoms with Gasteiger partial charge in [-0.2, -0.15) is 5.10 Å². The van der Waals surface area contributed by atoms with Crippen LogP contribution in [-0.4, -0.2) is 28.0 Å². The van der Waals surface area contributed by atoms with E-state index in [9.17, 15) is 5.11 Å². The van der Waals surface area contributed by atoms with Gasteiger partial charge in [0.25, 0.3) is 0 Å². The Morgan fingerprint density at radius 1 is 1.56 bits per heavy atom. The van der Waals surface area contributed by atoms with E-state index < -0.39 is 0 Å². The molecule has 0 aliphatic heterocycles. The monoisotopic (exact) mass is 225 g/mol. The topological polar surface area (TPSA) is 50.1 Å². The maximum atomic E-state index is 9.33. The minimum absolute atomic E-state index is 0.00741. The standard InChI is InChI=1S/C12H23N3O/c1-4-5-10(2)6-13-12(9-16)11-7-14-15(3)8-11/h7-8,10,12-13,16H,4-6,9H2,1-3H3. The highest BCUT2D eigenvalue weighted by Crippen LogP contribution is 2.12. The van der Waals surface area contributed by atoms with Crippen LogP contribution in [0.4, 0.5) is 0 Å². The fraction of sp³-hybridized carbons (Fsp3) is 0.750. The Morgan fingerprint density at radius 2 is 2.31 bits per heavy atom. The van der Waals surface area contributed by atoms with Crippen molar-refractivity contribution in [2.75, 3.05) is 13.2 Å². The molecule has 0 amide bonds. The van der Waals surface area contributed by atoms with Crippen molar-refractivity contribution < 1.29 is 5.11 Å². The molecule has 2 N–H and O–H groups in total. The first kappa shape index (κ1) is 13.2. The number of aromatic nitrogens is 2. The highest BCUT2D eigenvalue weighted by atomic mass is 16.3. The SMILES string of the molecule is CCCC(C)CNC(CO)c1cnn(C)c1. The Morgan fingerprint density at radius 3 is 2.81 bits per heavy atom. The van der Waals surface area contributed by atoms with Gasteiger partial charge >= 0.3 is 0 Å². The fourth-order valence-corrected chi connectivity index (χ4v) is 1.85. The molecule has 0 aromatic carbocycles. The lowest BCUT2D eigenvalue weighted by Gasteiger charge is -2.18. The molecule has 1 aromatic heterocycles. The molecular weight excluding hydrogens is 202 g/mol. The van der Waals surface area contributed by atoms with Gasteiger partial charge in [0, 0.05) is 18.8 Å². The first-order chi connectivity index (χ1) is 7.67. The third-order valence-corrected chi connectivity index (χ3v) is 2.80. The zero-order valence-corrected chi connectivity index (χ0v) is 10.5. The van der Waals surface area contributed by atoms with Gasteiger partial charge in [-0.15, -0.1) is 0 Å². The van der Waals surface area contributed by atoms with Crippen molar-refractivity contribution in [3.63, 3.8) is 0 Å². The number of nitrogens with one attached hydrogen (secondary N) is 1. The molecule has 1 rings (SSSR count). The number of hydrogen-bond donors (Lipinski definition) is 2. The predicted octanol–water partition coefficient (Wildman–Crippen LogP) is 1.48. The number of nitrogens with zero attached hydrogens (tertiary/aromatic N) is 2. The van der Waals surface area contributed by atoms with Crippen LogP contribution in [0.5, 0.6) is 0 Å². The van der Waals surface area contributed by atoms with E-state index in [1.807, 2.05) is 13.2 Å². The summed E-state index contributed by atoms with van der Waals surface area (Å²) in [7, 11) is 1.89. The molecule has 0 radical (unpaired) electrons. The summed E-state index contributed by atoms with van der Waals surface area (Å²) in [5.74, 6) is 0.649.